The van der Waals surface area contributed by atoms with Crippen LogP contribution in [0.1, 0.15) is 63.6 Å². The fourth-order valence-electron chi connectivity index (χ4n) is 3.26. The molecule has 0 bridgehead atoms. The van der Waals surface area contributed by atoms with Gasteiger partial charge < -0.3 is 5.73 Å². The van der Waals surface area contributed by atoms with E-state index in [2.05, 4.69) is 45.0 Å². The Hall–Kier alpha value is -0.820. The van der Waals surface area contributed by atoms with Gasteiger partial charge >= 0.3 is 0 Å². The monoisotopic (exact) mass is 259 g/mol. The van der Waals surface area contributed by atoms with Crippen molar-refractivity contribution in [2.75, 3.05) is 0 Å². The molecule has 2 rings (SSSR count). The van der Waals surface area contributed by atoms with E-state index < -0.39 is 0 Å². The van der Waals surface area contributed by atoms with Gasteiger partial charge in [-0.15, -0.1) is 0 Å². The van der Waals surface area contributed by atoms with Crippen molar-refractivity contribution in [3.63, 3.8) is 0 Å². The van der Waals surface area contributed by atoms with Gasteiger partial charge in [0.05, 0.1) is 0 Å². The third kappa shape index (κ3) is 4.07. The van der Waals surface area contributed by atoms with Crippen molar-refractivity contribution in [3.8, 4) is 0 Å². The number of rotatable bonds is 4. The first-order valence-electron chi connectivity index (χ1n) is 7.90. The van der Waals surface area contributed by atoms with E-state index in [1.54, 1.807) is 0 Å². The van der Waals surface area contributed by atoms with Crippen LogP contribution in [0.25, 0.3) is 0 Å². The van der Waals surface area contributed by atoms with Gasteiger partial charge in [-0.2, -0.15) is 0 Å². The standard InChI is InChI=1S/C18H29N/c1-13(2)12-15-6-10-17(11-7-15)18(19)16-8-4-14(3)5-9-16/h6-7,10-11,13-14,16,18H,4-5,8-9,12,19H2,1-3H3. The maximum atomic E-state index is 6.47. The van der Waals surface area contributed by atoms with Crippen molar-refractivity contribution >= 4 is 0 Å². The van der Waals surface area contributed by atoms with E-state index in [1.807, 2.05) is 0 Å². The summed E-state index contributed by atoms with van der Waals surface area (Å²) in [4.78, 5) is 0. The van der Waals surface area contributed by atoms with E-state index >= 15 is 0 Å². The van der Waals surface area contributed by atoms with Crippen LogP contribution in [0.15, 0.2) is 24.3 Å². The Balaban J connectivity index is 1.97. The summed E-state index contributed by atoms with van der Waals surface area (Å²) in [6.07, 6.45) is 6.47. The van der Waals surface area contributed by atoms with Gasteiger partial charge in [0.15, 0.2) is 0 Å². The van der Waals surface area contributed by atoms with Gasteiger partial charge in [0.25, 0.3) is 0 Å². The molecule has 1 nitrogen and oxygen atoms in total. The van der Waals surface area contributed by atoms with Crippen molar-refractivity contribution in [3.05, 3.63) is 35.4 Å². The summed E-state index contributed by atoms with van der Waals surface area (Å²) >= 11 is 0. The molecular weight excluding hydrogens is 230 g/mol. The lowest BCUT2D eigenvalue weighted by Gasteiger charge is -2.31. The Morgan fingerprint density at radius 3 is 2.16 bits per heavy atom. The van der Waals surface area contributed by atoms with Crippen LogP contribution in [0.2, 0.25) is 0 Å². The number of benzene rings is 1. The first-order chi connectivity index (χ1) is 9.06. The molecule has 0 aliphatic heterocycles. The maximum absolute atomic E-state index is 6.47. The van der Waals surface area contributed by atoms with Crippen LogP contribution in [-0.2, 0) is 6.42 Å². The van der Waals surface area contributed by atoms with E-state index in [0.717, 1.165) is 18.3 Å². The Morgan fingerprint density at radius 1 is 1.05 bits per heavy atom. The molecule has 1 atom stereocenters. The smallest absolute Gasteiger partial charge is 0.0323 e. The van der Waals surface area contributed by atoms with Crippen molar-refractivity contribution in [2.45, 2.75) is 58.9 Å². The molecule has 1 fully saturated rings. The molecule has 0 radical (unpaired) electrons. The van der Waals surface area contributed by atoms with E-state index in [1.165, 1.54) is 36.8 Å². The first kappa shape index (κ1) is 14.6. The summed E-state index contributed by atoms with van der Waals surface area (Å²) in [5.74, 6) is 2.31. The first-order valence-corrected chi connectivity index (χ1v) is 7.90. The Kier molecular flexibility index (Phi) is 5.04. The number of hydrogen-bond donors (Lipinski definition) is 1. The second kappa shape index (κ2) is 6.56. The van der Waals surface area contributed by atoms with Crippen molar-refractivity contribution < 1.29 is 0 Å². The quantitative estimate of drug-likeness (QED) is 0.832. The predicted octanol–water partition coefficient (Wildman–Crippen LogP) is 4.71. The number of hydrogen-bond acceptors (Lipinski definition) is 1. The zero-order chi connectivity index (χ0) is 13.8. The average molecular weight is 259 g/mol. The SMILES string of the molecule is CC(C)Cc1ccc(C(N)C2CCC(C)CC2)cc1. The van der Waals surface area contributed by atoms with Crippen molar-refractivity contribution in [2.24, 2.45) is 23.5 Å². The minimum Gasteiger partial charge on any atom is -0.324 e. The highest BCUT2D eigenvalue weighted by molar-refractivity contribution is 5.25. The summed E-state index contributed by atoms with van der Waals surface area (Å²) in [6.45, 7) is 6.90. The molecule has 0 amide bonds. The molecule has 0 saturated heterocycles. The van der Waals surface area contributed by atoms with Crippen LogP contribution >= 0.6 is 0 Å². The summed E-state index contributed by atoms with van der Waals surface area (Å²) < 4.78 is 0. The van der Waals surface area contributed by atoms with Gasteiger partial charge in [-0.1, -0.05) is 57.9 Å². The Labute approximate surface area is 118 Å². The molecule has 1 aromatic rings. The predicted molar refractivity (Wildman–Crippen MR) is 83.0 cm³/mol. The summed E-state index contributed by atoms with van der Waals surface area (Å²) in [5, 5.41) is 0. The van der Waals surface area contributed by atoms with Crippen LogP contribution in [0.4, 0.5) is 0 Å². The third-order valence-electron chi connectivity index (χ3n) is 4.58. The highest BCUT2D eigenvalue weighted by Crippen LogP contribution is 2.35. The van der Waals surface area contributed by atoms with Crippen LogP contribution in [-0.4, -0.2) is 0 Å². The summed E-state index contributed by atoms with van der Waals surface area (Å²) in [7, 11) is 0. The summed E-state index contributed by atoms with van der Waals surface area (Å²) in [5.41, 5.74) is 9.23. The zero-order valence-electron chi connectivity index (χ0n) is 12.7. The molecule has 1 saturated carbocycles. The van der Waals surface area contributed by atoms with Crippen LogP contribution < -0.4 is 5.73 Å². The van der Waals surface area contributed by atoms with Gasteiger partial charge in [-0.3, -0.25) is 0 Å². The molecule has 1 aromatic carbocycles. The zero-order valence-corrected chi connectivity index (χ0v) is 12.7. The lowest BCUT2D eigenvalue weighted by atomic mass is 9.77. The van der Waals surface area contributed by atoms with Gasteiger partial charge in [0.1, 0.15) is 0 Å². The number of nitrogens with two attached hydrogens (primary N) is 1. The molecule has 1 heteroatoms. The van der Waals surface area contributed by atoms with Gasteiger partial charge in [0.2, 0.25) is 0 Å². The van der Waals surface area contributed by atoms with Crippen LogP contribution in [0, 0.1) is 17.8 Å². The molecule has 1 aliphatic carbocycles. The van der Waals surface area contributed by atoms with Gasteiger partial charge in [-0.25, -0.2) is 0 Å². The van der Waals surface area contributed by atoms with E-state index in [4.69, 9.17) is 5.73 Å². The van der Waals surface area contributed by atoms with Crippen molar-refractivity contribution in [1.29, 1.82) is 0 Å². The highest BCUT2D eigenvalue weighted by Gasteiger charge is 2.24. The van der Waals surface area contributed by atoms with Crippen LogP contribution in [0.3, 0.4) is 0 Å². The molecular formula is C18H29N. The maximum Gasteiger partial charge on any atom is 0.0323 e. The minimum atomic E-state index is 0.237. The fraction of sp³-hybridized carbons (Fsp3) is 0.667. The van der Waals surface area contributed by atoms with Crippen LogP contribution in [0.5, 0.6) is 0 Å². The lowest BCUT2D eigenvalue weighted by Crippen LogP contribution is -2.25. The van der Waals surface area contributed by atoms with E-state index in [-0.39, 0.29) is 6.04 Å². The molecule has 0 spiro atoms. The van der Waals surface area contributed by atoms with E-state index in [0.29, 0.717) is 5.92 Å². The fourth-order valence-corrected chi connectivity index (χ4v) is 3.26. The second-order valence-electron chi connectivity index (χ2n) is 6.89. The van der Waals surface area contributed by atoms with Crippen molar-refractivity contribution in [1.82, 2.24) is 0 Å². The minimum absolute atomic E-state index is 0.237. The molecule has 2 N–H and O–H groups in total. The summed E-state index contributed by atoms with van der Waals surface area (Å²) in [6, 6.07) is 9.27. The lowest BCUT2D eigenvalue weighted by molar-refractivity contribution is 0.256. The molecule has 1 aliphatic rings. The molecule has 0 aromatic heterocycles. The highest BCUT2D eigenvalue weighted by atomic mass is 14.7. The van der Waals surface area contributed by atoms with Gasteiger partial charge in [0, 0.05) is 6.04 Å². The topological polar surface area (TPSA) is 26.0 Å². The van der Waals surface area contributed by atoms with E-state index in [9.17, 15) is 0 Å². The second-order valence-corrected chi connectivity index (χ2v) is 6.89. The Morgan fingerprint density at radius 2 is 1.63 bits per heavy atom. The normalized spacial score (nSPS) is 25.5. The largest absolute Gasteiger partial charge is 0.324 e. The molecule has 106 valence electrons. The third-order valence-corrected chi connectivity index (χ3v) is 4.58. The van der Waals surface area contributed by atoms with Gasteiger partial charge in [-0.05, 0) is 48.1 Å². The average Bonchev–Trinajstić information content (AvgIpc) is 2.39. The molecule has 0 heterocycles. The molecule has 1 unspecified atom stereocenters. The Bertz CT molecular complexity index is 371. The molecule has 19 heavy (non-hydrogen) atoms.